The van der Waals surface area contributed by atoms with E-state index in [0.717, 1.165) is 57.0 Å². The second-order valence-corrected chi connectivity index (χ2v) is 9.70. The molecular formula is C31H28FNO. The first kappa shape index (κ1) is 21.0. The lowest BCUT2D eigenvalue weighted by molar-refractivity contribution is -0.418. The first-order valence-corrected chi connectivity index (χ1v) is 12.1. The molecule has 0 atom stereocenters. The van der Waals surface area contributed by atoms with Crippen LogP contribution in [0.1, 0.15) is 43.2 Å². The van der Waals surface area contributed by atoms with E-state index in [-0.39, 0.29) is 5.82 Å². The van der Waals surface area contributed by atoms with Crippen LogP contribution in [0, 0.1) is 24.7 Å². The Hall–Kier alpha value is -3.59. The van der Waals surface area contributed by atoms with Gasteiger partial charge in [-0.25, -0.2) is 4.39 Å². The lowest BCUT2D eigenvalue weighted by Gasteiger charge is -2.21. The van der Waals surface area contributed by atoms with Crippen molar-refractivity contribution in [3.8, 4) is 11.1 Å². The van der Waals surface area contributed by atoms with Crippen molar-refractivity contribution < 1.29 is 13.4 Å². The molecule has 2 heterocycles. The molecule has 170 valence electrons. The van der Waals surface area contributed by atoms with Crippen molar-refractivity contribution in [3.05, 3.63) is 102 Å². The normalized spacial score (nSPS) is 16.7. The highest BCUT2D eigenvalue weighted by atomic mass is 19.1. The first-order valence-electron chi connectivity index (χ1n) is 12.1. The van der Waals surface area contributed by atoms with Crippen molar-refractivity contribution in [3.63, 3.8) is 0 Å². The van der Waals surface area contributed by atoms with Gasteiger partial charge in [-0.05, 0) is 52.9 Å². The predicted molar refractivity (Wildman–Crippen MR) is 137 cm³/mol. The van der Waals surface area contributed by atoms with Crippen LogP contribution in [0.2, 0.25) is 0 Å². The highest BCUT2D eigenvalue weighted by Gasteiger charge is 2.27. The average molecular weight is 450 g/mol. The van der Waals surface area contributed by atoms with Crippen molar-refractivity contribution in [2.75, 3.05) is 0 Å². The van der Waals surface area contributed by atoms with Crippen LogP contribution in [-0.2, 0) is 0 Å². The Balaban J connectivity index is 1.45. The zero-order chi connectivity index (χ0) is 23.2. The summed E-state index contributed by atoms with van der Waals surface area (Å²) in [6.45, 7) is 6.41. The van der Waals surface area contributed by atoms with Gasteiger partial charge in [0.1, 0.15) is 12.0 Å². The molecule has 34 heavy (non-hydrogen) atoms. The smallest absolute Gasteiger partial charge is 0.278 e. The van der Waals surface area contributed by atoms with Crippen LogP contribution in [0.5, 0.6) is 0 Å². The molecule has 1 aliphatic carbocycles. The van der Waals surface area contributed by atoms with Crippen molar-refractivity contribution in [1.82, 2.24) is 0 Å². The number of aryl methyl sites for hydroxylation is 1. The van der Waals surface area contributed by atoms with Crippen LogP contribution in [-0.4, -0.2) is 11.3 Å². The lowest BCUT2D eigenvalue weighted by Crippen LogP contribution is -2.16. The summed E-state index contributed by atoms with van der Waals surface area (Å²) in [6.07, 6.45) is 13.1. The number of hydrogen-bond acceptors (Lipinski definition) is 0. The van der Waals surface area contributed by atoms with Crippen molar-refractivity contribution in [2.24, 2.45) is 5.92 Å². The van der Waals surface area contributed by atoms with E-state index in [2.05, 4.69) is 50.2 Å². The minimum absolute atomic E-state index is 0.227. The molecule has 1 aromatic heterocycles. The third kappa shape index (κ3) is 3.66. The summed E-state index contributed by atoms with van der Waals surface area (Å²) in [5, 5.41) is 2.15. The Morgan fingerprint density at radius 3 is 2.65 bits per heavy atom. The molecule has 0 radical (unpaired) electrons. The lowest BCUT2D eigenvalue weighted by atomic mass is 9.91. The molecule has 2 aliphatic rings. The van der Waals surface area contributed by atoms with E-state index in [9.17, 15) is 4.39 Å². The number of halogens is 1. The van der Waals surface area contributed by atoms with Gasteiger partial charge in [0.25, 0.3) is 11.2 Å². The fraction of sp³-hybridized carbons (Fsp3) is 0.226. The minimum Gasteiger partial charge on any atom is -0.286 e. The molecular weight excluding hydrogens is 421 g/mol. The van der Waals surface area contributed by atoms with Crippen LogP contribution >= 0.6 is 0 Å². The minimum atomic E-state index is -0.227. The molecule has 0 unspecified atom stereocenters. The van der Waals surface area contributed by atoms with E-state index >= 15 is 0 Å². The molecule has 2 nitrogen and oxygen atoms in total. The number of benzene rings is 3. The standard InChI is InChI=1S/C31H28FNO/c1-20-7-13-26-27-19-24(23-8-11-25(32)12-9-23)10-14-29(27)34-31(26)30(20)28-18-22(15-16-33(28)2)17-21-5-3-4-6-21/h7-16,18-19,21H,2-6,17H2,1H3. The summed E-state index contributed by atoms with van der Waals surface area (Å²) < 4.78 is 21.8. The van der Waals surface area contributed by atoms with Gasteiger partial charge < -0.3 is 0 Å². The quantitative estimate of drug-likeness (QED) is 0.174. The molecule has 4 aromatic rings. The van der Waals surface area contributed by atoms with E-state index in [4.69, 9.17) is 4.42 Å². The van der Waals surface area contributed by atoms with E-state index in [1.165, 1.54) is 49.0 Å². The molecule has 0 spiro atoms. The fourth-order valence-electron chi connectivity index (χ4n) is 5.54. The van der Waals surface area contributed by atoms with E-state index < -0.39 is 0 Å². The van der Waals surface area contributed by atoms with Crippen molar-refractivity contribution >= 4 is 28.7 Å². The Labute approximate surface area is 199 Å². The predicted octanol–water partition coefficient (Wildman–Crippen LogP) is 8.33. The van der Waals surface area contributed by atoms with Gasteiger partial charge in [0.15, 0.2) is 6.04 Å². The molecule has 1 saturated carbocycles. The molecule has 1 aliphatic heterocycles. The second-order valence-electron chi connectivity index (χ2n) is 9.70. The third-order valence-corrected chi connectivity index (χ3v) is 7.38. The number of nitrogens with zero attached hydrogens (tertiary/aromatic N) is 1. The van der Waals surface area contributed by atoms with Crippen LogP contribution in [0.4, 0.5) is 4.39 Å². The highest BCUT2D eigenvalue weighted by Crippen LogP contribution is 2.40. The molecule has 1 fully saturated rings. The van der Waals surface area contributed by atoms with Crippen LogP contribution < -0.4 is 0 Å². The summed E-state index contributed by atoms with van der Waals surface area (Å²) in [5.74, 6) is 0.567. The second kappa shape index (κ2) is 8.32. The van der Waals surface area contributed by atoms with Crippen molar-refractivity contribution in [1.29, 1.82) is 0 Å². The van der Waals surface area contributed by atoms with E-state index in [0.29, 0.717) is 0 Å². The van der Waals surface area contributed by atoms with Crippen LogP contribution in [0.3, 0.4) is 0 Å². The Kier molecular flexibility index (Phi) is 5.13. The monoisotopic (exact) mass is 449 g/mol. The zero-order valence-corrected chi connectivity index (χ0v) is 19.5. The molecule has 6 rings (SSSR count). The Bertz CT molecular complexity index is 1470. The van der Waals surface area contributed by atoms with Gasteiger partial charge in [0.05, 0.1) is 12.3 Å². The van der Waals surface area contributed by atoms with Gasteiger partial charge in [-0.1, -0.05) is 79.6 Å². The zero-order valence-electron chi connectivity index (χ0n) is 19.5. The molecule has 0 amide bonds. The molecule has 0 bridgehead atoms. The SMILES string of the molecule is C=[N+]1C=CC(CC2CCCC2)=C[C-]1c1c(C)ccc2c1[o+][c-]1ccc(-c3ccc(F)cc3)cc21. The number of rotatable bonds is 4. The summed E-state index contributed by atoms with van der Waals surface area (Å²) in [6, 6.07) is 18.2. The maximum absolute atomic E-state index is 13.4. The van der Waals surface area contributed by atoms with E-state index in [1.807, 2.05) is 28.8 Å². The number of furan rings is 1. The summed E-state index contributed by atoms with van der Waals surface area (Å²) in [5.41, 5.74) is 7.41. The van der Waals surface area contributed by atoms with Crippen molar-refractivity contribution in [2.45, 2.75) is 39.0 Å². The average Bonchev–Trinajstić information content (AvgIpc) is 3.48. The number of allylic oxidation sites excluding steroid dienone is 2. The maximum atomic E-state index is 13.4. The molecule has 0 N–H and O–H groups in total. The van der Waals surface area contributed by atoms with Gasteiger partial charge in [-0.3, -0.25) is 8.99 Å². The Morgan fingerprint density at radius 2 is 1.85 bits per heavy atom. The third-order valence-electron chi connectivity index (χ3n) is 7.38. The summed E-state index contributed by atoms with van der Waals surface area (Å²) in [7, 11) is 0. The van der Waals surface area contributed by atoms with Crippen LogP contribution in [0.25, 0.3) is 33.1 Å². The van der Waals surface area contributed by atoms with Gasteiger partial charge in [-0.15, -0.1) is 12.1 Å². The largest absolute Gasteiger partial charge is 0.286 e. The molecule has 3 heteroatoms. The summed E-state index contributed by atoms with van der Waals surface area (Å²) >= 11 is 0. The van der Waals surface area contributed by atoms with Gasteiger partial charge in [0, 0.05) is 0 Å². The van der Waals surface area contributed by atoms with Gasteiger partial charge >= 0.3 is 0 Å². The first-order chi connectivity index (χ1) is 16.6. The molecule has 0 saturated heterocycles. The molecule has 3 aromatic carbocycles. The van der Waals surface area contributed by atoms with E-state index in [1.54, 1.807) is 0 Å². The Morgan fingerprint density at radius 1 is 1.06 bits per heavy atom. The fourth-order valence-corrected chi connectivity index (χ4v) is 5.54. The van der Waals surface area contributed by atoms with Crippen LogP contribution in [0.15, 0.2) is 82.9 Å². The number of hydrogen-bond donors (Lipinski definition) is 0. The maximum Gasteiger partial charge on any atom is 0.278 e. The number of fused-ring (bicyclic) bond motifs is 3. The summed E-state index contributed by atoms with van der Waals surface area (Å²) in [4.78, 5) is 0. The van der Waals surface area contributed by atoms with Gasteiger partial charge in [-0.2, -0.15) is 0 Å². The highest BCUT2D eigenvalue weighted by molar-refractivity contribution is 6.08. The van der Waals surface area contributed by atoms with Gasteiger partial charge in [0.2, 0.25) is 0 Å². The topological polar surface area (TPSA) is 14.3 Å².